The number of ketones is 1. The first-order valence-electron chi connectivity index (χ1n) is 12.8. The van der Waals surface area contributed by atoms with Gasteiger partial charge in [-0.25, -0.2) is 4.79 Å². The van der Waals surface area contributed by atoms with Crippen LogP contribution in [0.5, 0.6) is 0 Å². The van der Waals surface area contributed by atoms with Gasteiger partial charge in [-0.2, -0.15) is 9.36 Å². The maximum absolute atomic E-state index is 13.4. The molecule has 176 valence electrons. The van der Waals surface area contributed by atoms with Gasteiger partial charge in [0.15, 0.2) is 5.78 Å². The van der Waals surface area contributed by atoms with Gasteiger partial charge in [0.05, 0.1) is 11.6 Å². The van der Waals surface area contributed by atoms with Gasteiger partial charge in [0.2, 0.25) is 0 Å². The molecule has 8 heteroatoms. The fourth-order valence-electron chi connectivity index (χ4n) is 8.25. The average Bonchev–Trinajstić information content (AvgIpc) is 3.43. The summed E-state index contributed by atoms with van der Waals surface area (Å²) in [5.74, 6) is 2.18. The molecule has 1 unspecified atom stereocenters. The van der Waals surface area contributed by atoms with Crippen molar-refractivity contribution >= 4 is 5.78 Å². The molecule has 7 atom stereocenters. The summed E-state index contributed by atoms with van der Waals surface area (Å²) in [6.07, 6.45) is 9.49. The number of piperidine rings is 2. The Balaban J connectivity index is 1.17. The molecule has 0 amide bonds. The zero-order chi connectivity index (χ0) is 22.3. The minimum absolute atomic E-state index is 0.0246. The van der Waals surface area contributed by atoms with Crippen LogP contribution in [0.1, 0.15) is 77.7 Å². The predicted molar refractivity (Wildman–Crippen MR) is 118 cm³/mol. The van der Waals surface area contributed by atoms with E-state index in [0.717, 1.165) is 58.0 Å². The van der Waals surface area contributed by atoms with Gasteiger partial charge < -0.3 is 5.11 Å². The van der Waals surface area contributed by atoms with Crippen LogP contribution in [-0.2, 0) is 11.3 Å². The summed E-state index contributed by atoms with van der Waals surface area (Å²) < 4.78 is 2.74. The first-order chi connectivity index (χ1) is 15.3. The van der Waals surface area contributed by atoms with Crippen molar-refractivity contribution in [1.82, 2.24) is 24.7 Å². The van der Waals surface area contributed by atoms with Crippen molar-refractivity contribution in [3.05, 3.63) is 10.5 Å². The number of aromatic nitrogens is 4. The quantitative estimate of drug-likeness (QED) is 0.765. The molecule has 0 radical (unpaired) electrons. The van der Waals surface area contributed by atoms with E-state index in [-0.39, 0.29) is 35.4 Å². The molecule has 1 aromatic rings. The van der Waals surface area contributed by atoms with E-state index in [1.807, 2.05) is 6.92 Å². The largest absolute Gasteiger partial charge is 0.389 e. The Hall–Kier alpha value is -1.54. The Morgan fingerprint density at radius 1 is 1.03 bits per heavy atom. The van der Waals surface area contributed by atoms with Crippen molar-refractivity contribution in [1.29, 1.82) is 0 Å². The number of tetrazole rings is 1. The molecule has 0 aromatic carbocycles. The molecule has 0 bridgehead atoms. The van der Waals surface area contributed by atoms with Gasteiger partial charge in [0, 0.05) is 18.5 Å². The Morgan fingerprint density at radius 3 is 2.62 bits per heavy atom. The SMILES string of the molecule is C[C@@]1(O)CC[C@@H]2C3CC[C@]4(C)[C@@H](C(=O)Cn5nnn(C6CC6)c5=O)CC[C@H]4[C@@H]3CCN2C1. The third-order valence-electron chi connectivity index (χ3n) is 9.98. The maximum atomic E-state index is 13.4. The van der Waals surface area contributed by atoms with Crippen LogP contribution >= 0.6 is 0 Å². The molecule has 1 aromatic heterocycles. The van der Waals surface area contributed by atoms with Crippen LogP contribution in [-0.4, -0.2) is 60.3 Å². The highest BCUT2D eigenvalue weighted by atomic mass is 16.3. The van der Waals surface area contributed by atoms with E-state index in [1.54, 1.807) is 0 Å². The van der Waals surface area contributed by atoms with Crippen LogP contribution in [0.2, 0.25) is 0 Å². The fourth-order valence-corrected chi connectivity index (χ4v) is 8.25. The summed E-state index contributed by atoms with van der Waals surface area (Å²) >= 11 is 0. The van der Waals surface area contributed by atoms with E-state index in [9.17, 15) is 14.7 Å². The van der Waals surface area contributed by atoms with Crippen molar-refractivity contribution in [3.63, 3.8) is 0 Å². The monoisotopic (exact) mass is 443 g/mol. The lowest BCUT2D eigenvalue weighted by molar-refractivity contribution is -0.134. The lowest BCUT2D eigenvalue weighted by Crippen LogP contribution is -2.60. The van der Waals surface area contributed by atoms with Gasteiger partial charge in [-0.3, -0.25) is 9.69 Å². The van der Waals surface area contributed by atoms with Gasteiger partial charge in [0.25, 0.3) is 0 Å². The summed E-state index contributed by atoms with van der Waals surface area (Å²) in [5.41, 5.74) is -0.738. The molecular weight excluding hydrogens is 406 g/mol. The lowest BCUT2D eigenvalue weighted by Gasteiger charge is -2.58. The van der Waals surface area contributed by atoms with Gasteiger partial charge in [-0.05, 0) is 105 Å². The van der Waals surface area contributed by atoms with Crippen molar-refractivity contribution in [2.24, 2.45) is 29.1 Å². The summed E-state index contributed by atoms with van der Waals surface area (Å²) in [6.45, 7) is 6.28. The molecule has 1 N–H and O–H groups in total. The standard InChI is InChI=1S/C24H37N5O3/c1-23(32)10-8-20-17-7-11-24(2)18(16(17)9-12-27(20)14-23)5-6-19(24)21(30)13-28-22(31)29(26-25-28)15-3-4-15/h15-20,32H,3-14H2,1-2H3/t16-,17?,18+,19-,20-,23-,24+/m1/s1. The van der Waals surface area contributed by atoms with Crippen LogP contribution in [0, 0.1) is 29.1 Å². The lowest BCUT2D eigenvalue weighted by atomic mass is 9.54. The zero-order valence-corrected chi connectivity index (χ0v) is 19.4. The van der Waals surface area contributed by atoms with E-state index < -0.39 is 5.60 Å². The minimum atomic E-state index is -0.545. The van der Waals surface area contributed by atoms with Gasteiger partial charge in [0.1, 0.15) is 6.54 Å². The Morgan fingerprint density at radius 2 is 1.84 bits per heavy atom. The van der Waals surface area contributed by atoms with E-state index in [1.165, 1.54) is 22.2 Å². The summed E-state index contributed by atoms with van der Waals surface area (Å²) in [6, 6.07) is 0.786. The van der Waals surface area contributed by atoms with Crippen molar-refractivity contribution in [2.45, 2.75) is 95.9 Å². The number of hydrogen-bond donors (Lipinski definition) is 1. The molecular formula is C24H37N5O3. The molecule has 0 spiro atoms. The molecule has 3 heterocycles. The second kappa shape index (κ2) is 7.23. The summed E-state index contributed by atoms with van der Waals surface area (Å²) in [4.78, 5) is 28.5. The number of rotatable bonds is 4. The van der Waals surface area contributed by atoms with E-state index in [0.29, 0.717) is 23.8 Å². The smallest absolute Gasteiger partial charge is 0.364 e. The van der Waals surface area contributed by atoms with Crippen molar-refractivity contribution in [2.75, 3.05) is 13.1 Å². The first-order valence-corrected chi connectivity index (χ1v) is 12.8. The molecule has 5 aliphatic rings. The molecule has 6 rings (SSSR count). The highest BCUT2D eigenvalue weighted by Gasteiger charge is 2.58. The highest BCUT2D eigenvalue weighted by molar-refractivity contribution is 5.82. The number of Topliss-reactive ketones (excluding diaryl/α,β-unsaturated/α-hetero) is 1. The number of carbonyl (C=O) groups excluding carboxylic acids is 1. The van der Waals surface area contributed by atoms with Crippen molar-refractivity contribution in [3.8, 4) is 0 Å². The third-order valence-corrected chi connectivity index (χ3v) is 9.98. The normalized spacial score (nSPS) is 44.0. The average molecular weight is 444 g/mol. The van der Waals surface area contributed by atoms with E-state index in [4.69, 9.17) is 0 Å². The van der Waals surface area contributed by atoms with Gasteiger partial charge >= 0.3 is 5.69 Å². The van der Waals surface area contributed by atoms with E-state index >= 15 is 0 Å². The predicted octanol–water partition coefficient (Wildman–Crippen LogP) is 2.02. The van der Waals surface area contributed by atoms with Crippen LogP contribution in [0.3, 0.4) is 0 Å². The fraction of sp³-hybridized carbons (Fsp3) is 0.917. The Bertz CT molecular complexity index is 965. The third kappa shape index (κ3) is 3.23. The molecule has 2 aliphatic heterocycles. The highest BCUT2D eigenvalue weighted by Crippen LogP contribution is 2.62. The molecule has 3 aliphatic carbocycles. The van der Waals surface area contributed by atoms with E-state index in [2.05, 4.69) is 22.3 Å². The van der Waals surface area contributed by atoms with Crippen molar-refractivity contribution < 1.29 is 9.90 Å². The number of carbonyl (C=O) groups is 1. The second-order valence-corrected chi connectivity index (χ2v) is 12.0. The summed E-state index contributed by atoms with van der Waals surface area (Å²) in [7, 11) is 0. The number of fused-ring (bicyclic) bond motifs is 5. The first kappa shape index (κ1) is 21.0. The minimum Gasteiger partial charge on any atom is -0.389 e. The molecule has 2 saturated heterocycles. The number of aliphatic hydroxyl groups is 1. The molecule has 3 saturated carbocycles. The number of nitrogens with zero attached hydrogens (tertiary/aromatic N) is 5. The van der Waals surface area contributed by atoms with Crippen LogP contribution in [0.4, 0.5) is 0 Å². The zero-order valence-electron chi connectivity index (χ0n) is 19.4. The van der Waals surface area contributed by atoms with Crippen LogP contribution in [0.15, 0.2) is 4.79 Å². The van der Waals surface area contributed by atoms with Gasteiger partial charge in [-0.1, -0.05) is 6.92 Å². The second-order valence-electron chi connectivity index (χ2n) is 12.0. The Labute approximate surface area is 189 Å². The molecule has 32 heavy (non-hydrogen) atoms. The topological polar surface area (TPSA) is 93.2 Å². The van der Waals surface area contributed by atoms with Crippen LogP contribution < -0.4 is 5.69 Å². The summed E-state index contributed by atoms with van der Waals surface area (Å²) in [5, 5.41) is 18.6. The Kier molecular flexibility index (Phi) is 4.75. The van der Waals surface area contributed by atoms with Gasteiger partial charge in [-0.15, -0.1) is 0 Å². The maximum Gasteiger partial charge on any atom is 0.364 e. The van der Waals surface area contributed by atoms with Crippen LogP contribution in [0.25, 0.3) is 0 Å². The molecule has 8 nitrogen and oxygen atoms in total. The number of hydrogen-bond acceptors (Lipinski definition) is 6. The molecule has 5 fully saturated rings.